The van der Waals surface area contributed by atoms with Crippen LogP contribution < -0.4 is 0 Å². The number of rotatable bonds is 3. The van der Waals surface area contributed by atoms with E-state index in [4.69, 9.17) is 9.63 Å². The third-order valence-electron chi connectivity index (χ3n) is 2.94. The smallest absolute Gasteiger partial charge is 0.310 e. The number of likely N-dealkylation sites (tertiary alicyclic amines) is 1. The first-order valence-corrected chi connectivity index (χ1v) is 4.95. The molecule has 0 saturated carbocycles. The summed E-state index contributed by atoms with van der Waals surface area (Å²) in [6.45, 7) is 3.80. The standard InChI is InChI=1S/C10H14N2O3/c1-10(9(13)14)3-5-12(7-10)6-8-2-4-11-15-8/h2,4H,3,5-7H2,1H3,(H,13,14). The third kappa shape index (κ3) is 2.02. The van der Waals surface area contributed by atoms with Gasteiger partial charge in [-0.25, -0.2) is 0 Å². The van der Waals surface area contributed by atoms with Crippen molar-refractivity contribution in [2.75, 3.05) is 13.1 Å². The van der Waals surface area contributed by atoms with Crippen LogP contribution in [0.25, 0.3) is 0 Å². The second-order valence-electron chi connectivity index (χ2n) is 4.31. The first kappa shape index (κ1) is 10.2. The van der Waals surface area contributed by atoms with E-state index in [0.717, 1.165) is 12.3 Å². The van der Waals surface area contributed by atoms with E-state index in [2.05, 4.69) is 10.1 Å². The summed E-state index contributed by atoms with van der Waals surface area (Å²) in [6, 6.07) is 1.80. The summed E-state index contributed by atoms with van der Waals surface area (Å²) in [5.41, 5.74) is -0.611. The maximum absolute atomic E-state index is 11.0. The maximum atomic E-state index is 11.0. The zero-order chi connectivity index (χ0) is 10.9. The molecule has 1 aliphatic rings. The van der Waals surface area contributed by atoms with Crippen molar-refractivity contribution in [2.45, 2.75) is 19.9 Å². The van der Waals surface area contributed by atoms with Gasteiger partial charge in [-0.2, -0.15) is 0 Å². The molecule has 0 spiro atoms. The molecule has 1 aromatic rings. The summed E-state index contributed by atoms with van der Waals surface area (Å²) in [7, 11) is 0. The number of carboxylic acids is 1. The maximum Gasteiger partial charge on any atom is 0.310 e. The van der Waals surface area contributed by atoms with E-state index in [1.165, 1.54) is 0 Å². The van der Waals surface area contributed by atoms with Gasteiger partial charge < -0.3 is 9.63 Å². The van der Waals surface area contributed by atoms with E-state index in [-0.39, 0.29) is 0 Å². The Morgan fingerprint density at radius 3 is 3.13 bits per heavy atom. The fraction of sp³-hybridized carbons (Fsp3) is 0.600. The minimum absolute atomic E-state index is 0.572. The van der Waals surface area contributed by atoms with E-state index in [0.29, 0.717) is 19.5 Å². The molecule has 1 aromatic heterocycles. The number of carbonyl (C=O) groups is 1. The first-order chi connectivity index (χ1) is 7.10. The van der Waals surface area contributed by atoms with Gasteiger partial charge in [-0.1, -0.05) is 5.16 Å². The number of hydrogen-bond donors (Lipinski definition) is 1. The van der Waals surface area contributed by atoms with Crippen LogP contribution in [0.1, 0.15) is 19.1 Å². The topological polar surface area (TPSA) is 66.6 Å². The van der Waals surface area contributed by atoms with Crippen molar-refractivity contribution in [3.05, 3.63) is 18.0 Å². The van der Waals surface area contributed by atoms with E-state index in [1.807, 2.05) is 0 Å². The molecule has 2 rings (SSSR count). The van der Waals surface area contributed by atoms with Crippen molar-refractivity contribution in [3.63, 3.8) is 0 Å². The van der Waals surface area contributed by atoms with Crippen LogP contribution in [0.2, 0.25) is 0 Å². The molecule has 5 nitrogen and oxygen atoms in total. The quantitative estimate of drug-likeness (QED) is 0.805. The van der Waals surface area contributed by atoms with Crippen molar-refractivity contribution in [3.8, 4) is 0 Å². The fourth-order valence-corrected chi connectivity index (χ4v) is 1.91. The highest BCUT2D eigenvalue weighted by Gasteiger charge is 2.40. The monoisotopic (exact) mass is 210 g/mol. The normalized spacial score (nSPS) is 27.0. The lowest BCUT2D eigenvalue weighted by atomic mass is 9.90. The summed E-state index contributed by atoms with van der Waals surface area (Å²) in [4.78, 5) is 13.1. The number of carboxylic acid groups (broad SMARTS) is 1. The minimum Gasteiger partial charge on any atom is -0.481 e. The molecule has 0 radical (unpaired) electrons. The molecule has 1 N–H and O–H groups in total. The van der Waals surface area contributed by atoms with Gasteiger partial charge in [0.25, 0.3) is 0 Å². The Kier molecular flexibility index (Phi) is 2.48. The lowest BCUT2D eigenvalue weighted by molar-refractivity contribution is -0.147. The van der Waals surface area contributed by atoms with E-state index in [9.17, 15) is 4.79 Å². The van der Waals surface area contributed by atoms with Crippen LogP contribution in [0.4, 0.5) is 0 Å². The van der Waals surface area contributed by atoms with Crippen LogP contribution in [-0.4, -0.2) is 34.2 Å². The number of aliphatic carboxylic acids is 1. The molecule has 0 bridgehead atoms. The van der Waals surface area contributed by atoms with Crippen LogP contribution in [-0.2, 0) is 11.3 Å². The molecule has 15 heavy (non-hydrogen) atoms. The van der Waals surface area contributed by atoms with Gasteiger partial charge in [-0.15, -0.1) is 0 Å². The van der Waals surface area contributed by atoms with Crippen molar-refractivity contribution in [2.24, 2.45) is 5.41 Å². The molecule has 5 heteroatoms. The molecule has 1 fully saturated rings. The number of aromatic nitrogens is 1. The van der Waals surface area contributed by atoms with Crippen LogP contribution >= 0.6 is 0 Å². The van der Waals surface area contributed by atoms with Gasteiger partial charge in [0.05, 0.1) is 18.2 Å². The van der Waals surface area contributed by atoms with E-state index < -0.39 is 11.4 Å². The molecule has 0 aliphatic carbocycles. The summed E-state index contributed by atoms with van der Waals surface area (Å²) in [5.74, 6) is 0.0622. The Labute approximate surface area is 87.7 Å². The van der Waals surface area contributed by atoms with Crippen molar-refractivity contribution >= 4 is 5.97 Å². The van der Waals surface area contributed by atoms with E-state index >= 15 is 0 Å². The summed E-state index contributed by atoms with van der Waals surface area (Å²) in [6.07, 6.45) is 2.29. The molecule has 2 heterocycles. The second kappa shape index (κ2) is 3.66. The summed E-state index contributed by atoms with van der Waals surface area (Å²) >= 11 is 0. The molecule has 0 amide bonds. The zero-order valence-electron chi connectivity index (χ0n) is 8.64. The van der Waals surface area contributed by atoms with Crippen molar-refractivity contribution in [1.82, 2.24) is 10.1 Å². The molecule has 0 aromatic carbocycles. The Morgan fingerprint density at radius 1 is 1.80 bits per heavy atom. The Balaban J connectivity index is 1.96. The Morgan fingerprint density at radius 2 is 2.60 bits per heavy atom. The minimum atomic E-state index is -0.720. The van der Waals surface area contributed by atoms with Crippen LogP contribution in [0.15, 0.2) is 16.8 Å². The highest BCUT2D eigenvalue weighted by molar-refractivity contribution is 5.74. The Hall–Kier alpha value is -1.36. The molecule has 1 aliphatic heterocycles. The Bertz CT molecular complexity index is 350. The predicted molar refractivity (Wildman–Crippen MR) is 52.1 cm³/mol. The number of nitrogens with zero attached hydrogens (tertiary/aromatic N) is 2. The zero-order valence-corrected chi connectivity index (χ0v) is 8.64. The SMILES string of the molecule is CC1(C(=O)O)CCN(Cc2ccno2)C1. The van der Waals surface area contributed by atoms with Gasteiger partial charge in [-0.3, -0.25) is 9.69 Å². The van der Waals surface area contributed by atoms with Gasteiger partial charge in [0.2, 0.25) is 0 Å². The molecule has 1 atom stereocenters. The first-order valence-electron chi connectivity index (χ1n) is 4.95. The van der Waals surface area contributed by atoms with Crippen molar-refractivity contribution in [1.29, 1.82) is 0 Å². The van der Waals surface area contributed by atoms with Gasteiger partial charge in [-0.05, 0) is 19.9 Å². The lowest BCUT2D eigenvalue weighted by Crippen LogP contribution is -2.31. The van der Waals surface area contributed by atoms with Gasteiger partial charge >= 0.3 is 5.97 Å². The van der Waals surface area contributed by atoms with Crippen molar-refractivity contribution < 1.29 is 14.4 Å². The molecular formula is C10H14N2O3. The molecule has 1 unspecified atom stereocenters. The molecular weight excluding hydrogens is 196 g/mol. The predicted octanol–water partition coefficient (Wildman–Crippen LogP) is 0.971. The highest BCUT2D eigenvalue weighted by Crippen LogP contribution is 2.30. The second-order valence-corrected chi connectivity index (χ2v) is 4.31. The summed E-state index contributed by atoms with van der Waals surface area (Å²) in [5, 5.41) is 12.7. The van der Waals surface area contributed by atoms with Gasteiger partial charge in [0, 0.05) is 12.6 Å². The average molecular weight is 210 g/mol. The van der Waals surface area contributed by atoms with Crippen LogP contribution in [0.5, 0.6) is 0 Å². The average Bonchev–Trinajstić information content (AvgIpc) is 2.77. The van der Waals surface area contributed by atoms with E-state index in [1.54, 1.807) is 19.2 Å². The summed E-state index contributed by atoms with van der Waals surface area (Å²) < 4.78 is 4.98. The fourth-order valence-electron chi connectivity index (χ4n) is 1.91. The van der Waals surface area contributed by atoms with Crippen LogP contribution in [0, 0.1) is 5.41 Å². The highest BCUT2D eigenvalue weighted by atomic mass is 16.5. The third-order valence-corrected chi connectivity index (χ3v) is 2.94. The van der Waals surface area contributed by atoms with Gasteiger partial charge in [0.15, 0.2) is 5.76 Å². The van der Waals surface area contributed by atoms with Gasteiger partial charge in [0.1, 0.15) is 0 Å². The molecule has 82 valence electrons. The van der Waals surface area contributed by atoms with Crippen LogP contribution in [0.3, 0.4) is 0 Å². The molecule has 1 saturated heterocycles. The largest absolute Gasteiger partial charge is 0.481 e. The number of hydrogen-bond acceptors (Lipinski definition) is 4. The lowest BCUT2D eigenvalue weighted by Gasteiger charge is -2.18.